The highest BCUT2D eigenvalue weighted by Gasteiger charge is 2.24. The number of carbonyl (C=O) groups is 1. The van der Waals surface area contributed by atoms with E-state index in [0.717, 1.165) is 27.7 Å². The topological polar surface area (TPSA) is 59.3 Å². The zero-order valence-corrected chi connectivity index (χ0v) is 10.9. The maximum atomic E-state index is 11.7. The van der Waals surface area contributed by atoms with Crippen LogP contribution in [0.15, 0.2) is 22.5 Å². The van der Waals surface area contributed by atoms with E-state index in [1.165, 1.54) is 0 Å². The van der Waals surface area contributed by atoms with E-state index in [1.54, 1.807) is 16.0 Å². The van der Waals surface area contributed by atoms with E-state index in [2.05, 4.69) is 15.4 Å². The molecular weight excluding hydrogens is 248 g/mol. The smallest absolute Gasteiger partial charge is 0.247 e. The number of anilines is 1. The summed E-state index contributed by atoms with van der Waals surface area (Å²) in [6.07, 6.45) is 0. The SMILES string of the molecule is Cc1nn(C)c2c1C(c1cccs1)=NCC(=O)N2. The first-order valence-corrected chi connectivity index (χ1v) is 6.47. The van der Waals surface area contributed by atoms with Gasteiger partial charge in [-0.3, -0.25) is 14.5 Å². The van der Waals surface area contributed by atoms with Gasteiger partial charge in [0.1, 0.15) is 12.4 Å². The molecule has 0 saturated heterocycles. The zero-order chi connectivity index (χ0) is 12.7. The summed E-state index contributed by atoms with van der Waals surface area (Å²) in [4.78, 5) is 17.1. The number of thiophene rings is 1. The van der Waals surface area contributed by atoms with Crippen LogP contribution >= 0.6 is 11.3 Å². The molecule has 18 heavy (non-hydrogen) atoms. The summed E-state index contributed by atoms with van der Waals surface area (Å²) in [6, 6.07) is 3.99. The van der Waals surface area contributed by atoms with E-state index >= 15 is 0 Å². The van der Waals surface area contributed by atoms with E-state index in [-0.39, 0.29) is 12.5 Å². The molecular formula is C12H12N4OS. The summed E-state index contributed by atoms with van der Waals surface area (Å²) in [5.41, 5.74) is 2.65. The molecule has 1 aliphatic rings. The van der Waals surface area contributed by atoms with Crippen molar-refractivity contribution >= 4 is 28.8 Å². The number of carbonyl (C=O) groups excluding carboxylic acids is 1. The molecule has 1 amide bonds. The van der Waals surface area contributed by atoms with E-state index in [0.29, 0.717) is 0 Å². The van der Waals surface area contributed by atoms with Gasteiger partial charge in [-0.15, -0.1) is 11.3 Å². The Morgan fingerprint density at radius 3 is 3.06 bits per heavy atom. The van der Waals surface area contributed by atoms with E-state index < -0.39 is 0 Å². The van der Waals surface area contributed by atoms with Crippen molar-refractivity contribution < 1.29 is 4.79 Å². The fourth-order valence-electron chi connectivity index (χ4n) is 2.10. The molecule has 3 rings (SSSR count). The highest BCUT2D eigenvalue weighted by molar-refractivity contribution is 7.12. The predicted molar refractivity (Wildman–Crippen MR) is 71.4 cm³/mol. The largest absolute Gasteiger partial charge is 0.309 e. The summed E-state index contributed by atoms with van der Waals surface area (Å²) < 4.78 is 1.69. The van der Waals surface area contributed by atoms with Gasteiger partial charge in [-0.05, 0) is 18.4 Å². The van der Waals surface area contributed by atoms with Gasteiger partial charge in [0.15, 0.2) is 0 Å². The first-order valence-electron chi connectivity index (χ1n) is 5.59. The molecule has 1 N–H and O–H groups in total. The number of aliphatic imine (C=N–C) groups is 1. The highest BCUT2D eigenvalue weighted by atomic mass is 32.1. The van der Waals surface area contributed by atoms with Crippen molar-refractivity contribution in [1.29, 1.82) is 0 Å². The van der Waals surface area contributed by atoms with Gasteiger partial charge in [-0.2, -0.15) is 5.10 Å². The van der Waals surface area contributed by atoms with Crippen molar-refractivity contribution in [2.45, 2.75) is 6.92 Å². The summed E-state index contributed by atoms with van der Waals surface area (Å²) in [6.45, 7) is 2.08. The summed E-state index contributed by atoms with van der Waals surface area (Å²) in [7, 11) is 1.82. The molecule has 0 aromatic carbocycles. The average molecular weight is 260 g/mol. The molecule has 5 nitrogen and oxygen atoms in total. The van der Waals surface area contributed by atoms with Crippen LogP contribution in [0.5, 0.6) is 0 Å². The third-order valence-electron chi connectivity index (χ3n) is 2.85. The molecule has 0 aliphatic carbocycles. The predicted octanol–water partition coefficient (Wildman–Crippen LogP) is 1.58. The van der Waals surface area contributed by atoms with Crippen LogP contribution in [-0.4, -0.2) is 27.9 Å². The molecule has 92 valence electrons. The van der Waals surface area contributed by atoms with Gasteiger partial charge in [0.05, 0.1) is 21.8 Å². The maximum Gasteiger partial charge on any atom is 0.247 e. The number of hydrogen-bond acceptors (Lipinski definition) is 4. The standard InChI is InChI=1S/C12H12N4OS/c1-7-10-11(8-4-3-5-18-8)13-6-9(17)14-12(10)16(2)15-7/h3-5H,6H2,1-2H3,(H,14,17). The van der Waals surface area contributed by atoms with Crippen molar-refractivity contribution in [3.8, 4) is 0 Å². The summed E-state index contributed by atoms with van der Waals surface area (Å²) in [5, 5.41) is 9.21. The van der Waals surface area contributed by atoms with E-state index in [4.69, 9.17) is 0 Å². The van der Waals surface area contributed by atoms with E-state index in [9.17, 15) is 4.79 Å². The Morgan fingerprint density at radius 2 is 2.33 bits per heavy atom. The van der Waals surface area contributed by atoms with Crippen molar-refractivity contribution in [2.75, 3.05) is 11.9 Å². The third-order valence-corrected chi connectivity index (χ3v) is 3.73. The van der Waals surface area contributed by atoms with Crippen LogP contribution in [0.1, 0.15) is 16.1 Å². The van der Waals surface area contributed by atoms with Crippen LogP contribution < -0.4 is 5.32 Å². The van der Waals surface area contributed by atoms with Gasteiger partial charge in [0, 0.05) is 7.05 Å². The quantitative estimate of drug-likeness (QED) is 0.846. The van der Waals surface area contributed by atoms with E-state index in [1.807, 2.05) is 31.5 Å². The number of nitrogens with zero attached hydrogens (tertiary/aromatic N) is 3. The van der Waals surface area contributed by atoms with Crippen molar-refractivity contribution in [3.63, 3.8) is 0 Å². The number of aromatic nitrogens is 2. The second kappa shape index (κ2) is 4.06. The molecule has 6 heteroatoms. The Hall–Kier alpha value is -1.95. The number of amides is 1. The lowest BCUT2D eigenvalue weighted by Crippen LogP contribution is -2.16. The molecule has 0 atom stereocenters. The van der Waals surface area contributed by atoms with Gasteiger partial charge in [-0.1, -0.05) is 6.07 Å². The lowest BCUT2D eigenvalue weighted by Gasteiger charge is -2.04. The molecule has 0 spiro atoms. The fourth-order valence-corrected chi connectivity index (χ4v) is 2.84. The van der Waals surface area contributed by atoms with Crippen LogP contribution in [0.2, 0.25) is 0 Å². The molecule has 2 aromatic heterocycles. The zero-order valence-electron chi connectivity index (χ0n) is 10.1. The molecule has 0 fully saturated rings. The van der Waals surface area contributed by atoms with Crippen LogP contribution in [0.4, 0.5) is 5.82 Å². The third kappa shape index (κ3) is 1.65. The minimum atomic E-state index is -0.106. The van der Waals surface area contributed by atoms with Crippen LogP contribution in [0.3, 0.4) is 0 Å². The Bertz CT molecular complexity index is 639. The normalized spacial score (nSPS) is 14.8. The first-order chi connectivity index (χ1) is 8.66. The molecule has 1 aliphatic heterocycles. The Kier molecular flexibility index (Phi) is 2.52. The second-order valence-electron chi connectivity index (χ2n) is 4.12. The maximum absolute atomic E-state index is 11.7. The van der Waals surface area contributed by atoms with Gasteiger partial charge >= 0.3 is 0 Å². The lowest BCUT2D eigenvalue weighted by molar-refractivity contribution is -0.114. The monoisotopic (exact) mass is 260 g/mol. The lowest BCUT2D eigenvalue weighted by atomic mass is 10.1. The van der Waals surface area contributed by atoms with Crippen LogP contribution in [0.25, 0.3) is 0 Å². The second-order valence-corrected chi connectivity index (χ2v) is 5.07. The van der Waals surface area contributed by atoms with Crippen LogP contribution in [-0.2, 0) is 11.8 Å². The highest BCUT2D eigenvalue weighted by Crippen LogP contribution is 2.26. The van der Waals surface area contributed by atoms with Crippen LogP contribution in [0, 0.1) is 6.92 Å². The first kappa shape index (κ1) is 11.2. The summed E-state index contributed by atoms with van der Waals surface area (Å²) in [5.74, 6) is 0.618. The number of rotatable bonds is 1. The van der Waals surface area contributed by atoms with Gasteiger partial charge in [0.2, 0.25) is 5.91 Å². The molecule has 0 saturated carbocycles. The average Bonchev–Trinajstić information content (AvgIpc) is 2.88. The Morgan fingerprint density at radius 1 is 1.50 bits per heavy atom. The number of aryl methyl sites for hydroxylation is 2. The molecule has 2 aromatic rings. The van der Waals surface area contributed by atoms with Gasteiger partial charge in [-0.25, -0.2) is 0 Å². The molecule has 0 radical (unpaired) electrons. The van der Waals surface area contributed by atoms with Crippen molar-refractivity contribution in [1.82, 2.24) is 9.78 Å². The fraction of sp³-hybridized carbons (Fsp3) is 0.250. The molecule has 0 unspecified atom stereocenters. The Labute approximate surface area is 108 Å². The van der Waals surface area contributed by atoms with Gasteiger partial charge in [0.25, 0.3) is 0 Å². The van der Waals surface area contributed by atoms with Crippen molar-refractivity contribution in [3.05, 3.63) is 33.6 Å². The Balaban J connectivity index is 2.24. The van der Waals surface area contributed by atoms with Crippen molar-refractivity contribution in [2.24, 2.45) is 12.0 Å². The molecule has 3 heterocycles. The minimum absolute atomic E-state index is 0.106. The molecule has 0 bridgehead atoms. The van der Waals surface area contributed by atoms with Gasteiger partial charge < -0.3 is 5.32 Å². The minimum Gasteiger partial charge on any atom is -0.309 e. The summed E-state index contributed by atoms with van der Waals surface area (Å²) >= 11 is 1.61. The number of hydrogen-bond donors (Lipinski definition) is 1. The number of fused-ring (bicyclic) bond motifs is 1. The number of nitrogens with one attached hydrogen (secondary N) is 1.